The monoisotopic (exact) mass is 261 g/mol. The average Bonchev–Trinajstić information content (AvgIpc) is 3.18. The molecule has 1 unspecified atom stereocenters. The summed E-state index contributed by atoms with van der Waals surface area (Å²) in [4.78, 5) is 11.2. The van der Waals surface area contributed by atoms with Gasteiger partial charge in [-0.25, -0.2) is 0 Å². The van der Waals surface area contributed by atoms with Crippen molar-refractivity contribution < 1.29 is 9.90 Å². The number of hydrogen-bond acceptors (Lipinski definition) is 2. The van der Waals surface area contributed by atoms with Gasteiger partial charge in [0.1, 0.15) is 6.04 Å². The minimum Gasteiger partial charge on any atom is -0.480 e. The van der Waals surface area contributed by atoms with Crippen LogP contribution in [0.5, 0.6) is 0 Å². The Morgan fingerprint density at radius 1 is 1.42 bits per heavy atom. The van der Waals surface area contributed by atoms with Crippen molar-refractivity contribution in [1.82, 2.24) is 5.32 Å². The Kier molecular flexibility index (Phi) is 4.59. The van der Waals surface area contributed by atoms with Gasteiger partial charge in [-0.3, -0.25) is 4.79 Å². The number of hydrogen-bond donors (Lipinski definition) is 2. The zero-order valence-corrected chi connectivity index (χ0v) is 11.7. The van der Waals surface area contributed by atoms with Crippen LogP contribution in [0.1, 0.15) is 50.2 Å². The highest BCUT2D eigenvalue weighted by molar-refractivity contribution is 5.73. The molecule has 1 fully saturated rings. The predicted octanol–water partition coefficient (Wildman–Crippen LogP) is 3.15. The standard InChI is InChI=1S/C16H23NO2/c1-11(2)8-15(16(18)19)17-10-12-4-3-5-14(9-12)13-6-7-13/h3-5,9,11,13,15,17H,6-8,10H2,1-2H3,(H,18,19). The third-order valence-corrected chi connectivity index (χ3v) is 3.56. The summed E-state index contributed by atoms with van der Waals surface area (Å²) < 4.78 is 0. The first kappa shape index (κ1) is 14.1. The number of carboxylic acids is 1. The van der Waals surface area contributed by atoms with Gasteiger partial charge in [-0.1, -0.05) is 38.1 Å². The van der Waals surface area contributed by atoms with Crippen LogP contribution in [0.4, 0.5) is 0 Å². The summed E-state index contributed by atoms with van der Waals surface area (Å²) in [5.74, 6) is 0.365. The lowest BCUT2D eigenvalue weighted by atomic mass is 10.0. The Morgan fingerprint density at radius 2 is 2.16 bits per heavy atom. The maximum Gasteiger partial charge on any atom is 0.320 e. The molecule has 0 radical (unpaired) electrons. The van der Waals surface area contributed by atoms with E-state index in [-0.39, 0.29) is 0 Å². The first-order valence-corrected chi connectivity index (χ1v) is 7.11. The van der Waals surface area contributed by atoms with Crippen LogP contribution in [0.25, 0.3) is 0 Å². The highest BCUT2D eigenvalue weighted by Crippen LogP contribution is 2.40. The average molecular weight is 261 g/mol. The molecule has 3 nitrogen and oxygen atoms in total. The molecular formula is C16H23NO2. The number of aliphatic carboxylic acids is 1. The molecule has 1 aliphatic carbocycles. The zero-order valence-electron chi connectivity index (χ0n) is 11.7. The van der Waals surface area contributed by atoms with Crippen molar-refractivity contribution in [3.05, 3.63) is 35.4 Å². The maximum absolute atomic E-state index is 11.2. The Bertz CT molecular complexity index is 438. The van der Waals surface area contributed by atoms with E-state index in [2.05, 4.69) is 29.6 Å². The van der Waals surface area contributed by atoms with E-state index in [1.54, 1.807) is 0 Å². The minimum absolute atomic E-state index is 0.381. The molecule has 0 bridgehead atoms. The van der Waals surface area contributed by atoms with Crippen molar-refractivity contribution in [2.45, 2.75) is 51.6 Å². The summed E-state index contributed by atoms with van der Waals surface area (Å²) in [6.45, 7) is 4.72. The summed E-state index contributed by atoms with van der Waals surface area (Å²) >= 11 is 0. The van der Waals surface area contributed by atoms with Crippen LogP contribution in [0.15, 0.2) is 24.3 Å². The van der Waals surface area contributed by atoms with Crippen molar-refractivity contribution >= 4 is 5.97 Å². The lowest BCUT2D eigenvalue weighted by molar-refractivity contribution is -0.140. The van der Waals surface area contributed by atoms with Gasteiger partial charge in [-0.2, -0.15) is 0 Å². The molecule has 1 aromatic carbocycles. The van der Waals surface area contributed by atoms with E-state index < -0.39 is 12.0 Å². The Labute approximate surface area is 115 Å². The second-order valence-electron chi connectivity index (χ2n) is 5.92. The molecule has 1 saturated carbocycles. The molecule has 0 heterocycles. The van der Waals surface area contributed by atoms with E-state index in [1.165, 1.54) is 24.0 Å². The van der Waals surface area contributed by atoms with Gasteiger partial charge < -0.3 is 10.4 Å². The molecular weight excluding hydrogens is 238 g/mol. The number of rotatable bonds is 7. The largest absolute Gasteiger partial charge is 0.480 e. The van der Waals surface area contributed by atoms with Crippen LogP contribution in [0.3, 0.4) is 0 Å². The molecule has 1 aliphatic rings. The van der Waals surface area contributed by atoms with Crippen LogP contribution in [0, 0.1) is 5.92 Å². The van der Waals surface area contributed by atoms with Crippen LogP contribution < -0.4 is 5.32 Å². The fourth-order valence-corrected chi connectivity index (χ4v) is 2.36. The van der Waals surface area contributed by atoms with E-state index >= 15 is 0 Å². The van der Waals surface area contributed by atoms with Gasteiger partial charge in [0, 0.05) is 6.54 Å². The Balaban J connectivity index is 1.92. The van der Waals surface area contributed by atoms with Gasteiger partial charge in [0.25, 0.3) is 0 Å². The van der Waals surface area contributed by atoms with Crippen LogP contribution in [-0.4, -0.2) is 17.1 Å². The molecule has 2 N–H and O–H groups in total. The first-order chi connectivity index (χ1) is 9.06. The normalized spacial score (nSPS) is 16.6. The van der Waals surface area contributed by atoms with Gasteiger partial charge >= 0.3 is 5.97 Å². The molecule has 0 aliphatic heterocycles. The fraction of sp³-hybridized carbons (Fsp3) is 0.562. The summed E-state index contributed by atoms with van der Waals surface area (Å²) in [5, 5.41) is 12.3. The molecule has 0 spiro atoms. The van der Waals surface area contributed by atoms with Crippen molar-refractivity contribution in [2.24, 2.45) is 5.92 Å². The molecule has 0 saturated heterocycles. The third kappa shape index (κ3) is 4.35. The molecule has 3 heteroatoms. The summed E-state index contributed by atoms with van der Waals surface area (Å²) in [7, 11) is 0. The van der Waals surface area contributed by atoms with Crippen molar-refractivity contribution in [3.8, 4) is 0 Å². The molecule has 0 aromatic heterocycles. The van der Waals surface area contributed by atoms with Gasteiger partial charge in [0.15, 0.2) is 0 Å². The van der Waals surface area contributed by atoms with Gasteiger partial charge in [-0.15, -0.1) is 0 Å². The van der Waals surface area contributed by atoms with Gasteiger partial charge in [0.05, 0.1) is 0 Å². The number of benzene rings is 1. The number of carbonyl (C=O) groups is 1. The molecule has 1 aromatic rings. The minimum atomic E-state index is -0.757. The van der Waals surface area contributed by atoms with E-state index in [4.69, 9.17) is 0 Å². The Morgan fingerprint density at radius 3 is 2.74 bits per heavy atom. The SMILES string of the molecule is CC(C)CC(NCc1cccc(C2CC2)c1)C(=O)O. The summed E-state index contributed by atoms with van der Waals surface area (Å²) in [5.41, 5.74) is 2.58. The third-order valence-electron chi connectivity index (χ3n) is 3.56. The highest BCUT2D eigenvalue weighted by atomic mass is 16.4. The molecule has 104 valence electrons. The summed E-state index contributed by atoms with van der Waals surface area (Å²) in [6.07, 6.45) is 3.25. The van der Waals surface area contributed by atoms with E-state index in [9.17, 15) is 9.90 Å². The van der Waals surface area contributed by atoms with E-state index in [0.29, 0.717) is 18.9 Å². The second-order valence-corrected chi connectivity index (χ2v) is 5.92. The van der Waals surface area contributed by atoms with Crippen molar-refractivity contribution in [1.29, 1.82) is 0 Å². The smallest absolute Gasteiger partial charge is 0.320 e. The van der Waals surface area contributed by atoms with Crippen molar-refractivity contribution in [3.63, 3.8) is 0 Å². The topological polar surface area (TPSA) is 49.3 Å². The van der Waals surface area contributed by atoms with Crippen LogP contribution in [0.2, 0.25) is 0 Å². The Hall–Kier alpha value is -1.35. The quantitative estimate of drug-likeness (QED) is 0.792. The molecule has 0 amide bonds. The number of carboxylic acid groups (broad SMARTS) is 1. The lowest BCUT2D eigenvalue weighted by Gasteiger charge is -2.16. The van der Waals surface area contributed by atoms with E-state index in [1.807, 2.05) is 13.8 Å². The summed E-state index contributed by atoms with van der Waals surface area (Å²) in [6, 6.07) is 8.06. The van der Waals surface area contributed by atoms with Crippen molar-refractivity contribution in [2.75, 3.05) is 0 Å². The van der Waals surface area contributed by atoms with E-state index in [0.717, 1.165) is 5.92 Å². The second kappa shape index (κ2) is 6.20. The molecule has 2 rings (SSSR count). The van der Waals surface area contributed by atoms with Crippen LogP contribution in [-0.2, 0) is 11.3 Å². The lowest BCUT2D eigenvalue weighted by Crippen LogP contribution is -2.37. The predicted molar refractivity (Wildman–Crippen MR) is 76.1 cm³/mol. The van der Waals surface area contributed by atoms with Gasteiger partial charge in [0.2, 0.25) is 0 Å². The zero-order chi connectivity index (χ0) is 13.8. The molecule has 19 heavy (non-hydrogen) atoms. The van der Waals surface area contributed by atoms with Gasteiger partial charge in [-0.05, 0) is 42.2 Å². The van der Waals surface area contributed by atoms with Crippen LogP contribution >= 0.6 is 0 Å². The number of nitrogens with one attached hydrogen (secondary N) is 1. The highest BCUT2D eigenvalue weighted by Gasteiger charge is 2.23. The fourth-order valence-electron chi connectivity index (χ4n) is 2.36. The maximum atomic E-state index is 11.2. The molecule has 1 atom stereocenters. The first-order valence-electron chi connectivity index (χ1n) is 7.11.